The molecule has 136 valence electrons. The van der Waals surface area contributed by atoms with Gasteiger partial charge in [-0.25, -0.2) is 9.67 Å². The number of hydrogen-bond donors (Lipinski definition) is 2. The molecule has 0 atom stereocenters. The molecule has 0 saturated carbocycles. The predicted molar refractivity (Wildman–Crippen MR) is 96.7 cm³/mol. The van der Waals surface area contributed by atoms with Gasteiger partial charge in [-0.3, -0.25) is 9.36 Å². The maximum absolute atomic E-state index is 12.8. The molecule has 8 heteroatoms. The van der Waals surface area contributed by atoms with Crippen LogP contribution in [0, 0.1) is 0 Å². The summed E-state index contributed by atoms with van der Waals surface area (Å²) in [5.41, 5.74) is 0.217. The Bertz CT molecular complexity index is 971. The number of rotatable bonds is 4. The van der Waals surface area contributed by atoms with Gasteiger partial charge >= 0.3 is 0 Å². The summed E-state index contributed by atoms with van der Waals surface area (Å²) in [6.45, 7) is 1.73. The first-order valence-corrected chi connectivity index (χ1v) is 8.60. The minimum absolute atomic E-state index is 0.193. The Morgan fingerprint density at radius 2 is 2.00 bits per heavy atom. The highest BCUT2D eigenvalue weighted by Gasteiger charge is 2.30. The van der Waals surface area contributed by atoms with Crippen molar-refractivity contribution in [2.24, 2.45) is 0 Å². The summed E-state index contributed by atoms with van der Waals surface area (Å²) < 4.78 is 8.27. The number of aromatic nitrogens is 4. The molecule has 4 rings (SSSR count). The molecular formula is C18H21N5O3. The van der Waals surface area contributed by atoms with Crippen molar-refractivity contribution in [3.05, 3.63) is 47.1 Å². The normalized spacial score (nSPS) is 16.7. The van der Waals surface area contributed by atoms with Crippen LogP contribution in [0.25, 0.3) is 16.7 Å². The van der Waals surface area contributed by atoms with Gasteiger partial charge in [0.05, 0.1) is 31.1 Å². The monoisotopic (exact) mass is 355 g/mol. The summed E-state index contributed by atoms with van der Waals surface area (Å²) in [6.07, 6.45) is 4.25. The van der Waals surface area contributed by atoms with Crippen LogP contribution in [0.3, 0.4) is 0 Å². The van der Waals surface area contributed by atoms with Crippen molar-refractivity contribution in [3.8, 4) is 11.4 Å². The number of piperidine rings is 1. The molecule has 3 aromatic rings. The van der Waals surface area contributed by atoms with Gasteiger partial charge in [0.25, 0.3) is 5.56 Å². The predicted octanol–water partition coefficient (Wildman–Crippen LogP) is 0.705. The van der Waals surface area contributed by atoms with Crippen LogP contribution in [0.15, 0.2) is 41.6 Å². The average molecular weight is 355 g/mol. The summed E-state index contributed by atoms with van der Waals surface area (Å²) >= 11 is 0. The maximum atomic E-state index is 12.8. The van der Waals surface area contributed by atoms with E-state index in [0.717, 1.165) is 24.5 Å². The molecule has 1 fully saturated rings. The zero-order chi connectivity index (χ0) is 18.1. The Morgan fingerprint density at radius 1 is 1.27 bits per heavy atom. The molecule has 1 aliphatic heterocycles. The lowest BCUT2D eigenvalue weighted by Crippen LogP contribution is -2.46. The average Bonchev–Trinajstić information content (AvgIpc) is 3.09. The van der Waals surface area contributed by atoms with Crippen molar-refractivity contribution in [1.29, 1.82) is 0 Å². The van der Waals surface area contributed by atoms with Crippen molar-refractivity contribution in [2.45, 2.75) is 25.0 Å². The molecule has 2 aromatic heterocycles. The van der Waals surface area contributed by atoms with Crippen LogP contribution in [0.5, 0.6) is 5.75 Å². The summed E-state index contributed by atoms with van der Waals surface area (Å²) in [4.78, 5) is 17.2. The summed E-state index contributed by atoms with van der Waals surface area (Å²) in [5, 5.41) is 18.7. The first-order chi connectivity index (χ1) is 12.6. The highest BCUT2D eigenvalue weighted by molar-refractivity contribution is 5.74. The summed E-state index contributed by atoms with van der Waals surface area (Å²) in [7, 11) is 1.61. The Labute approximate surface area is 150 Å². The van der Waals surface area contributed by atoms with E-state index in [1.165, 1.54) is 17.1 Å². The first kappa shape index (κ1) is 16.7. The van der Waals surface area contributed by atoms with Crippen LogP contribution in [-0.4, -0.2) is 50.2 Å². The van der Waals surface area contributed by atoms with Crippen LogP contribution >= 0.6 is 0 Å². The zero-order valence-corrected chi connectivity index (χ0v) is 14.6. The molecule has 0 spiro atoms. The van der Waals surface area contributed by atoms with Crippen LogP contribution in [0.2, 0.25) is 0 Å². The lowest BCUT2D eigenvalue weighted by molar-refractivity contribution is -0.00627. The van der Waals surface area contributed by atoms with Crippen molar-refractivity contribution >= 4 is 11.0 Å². The Hall–Kier alpha value is -2.71. The largest absolute Gasteiger partial charge is 0.497 e. The van der Waals surface area contributed by atoms with Gasteiger partial charge in [-0.2, -0.15) is 5.10 Å². The van der Waals surface area contributed by atoms with Crippen LogP contribution in [0.1, 0.15) is 12.8 Å². The second-order valence-electron chi connectivity index (χ2n) is 6.64. The lowest BCUT2D eigenvalue weighted by atomic mass is 9.92. The van der Waals surface area contributed by atoms with Gasteiger partial charge < -0.3 is 15.2 Å². The van der Waals surface area contributed by atoms with Crippen molar-refractivity contribution in [2.75, 3.05) is 20.2 Å². The molecule has 0 radical (unpaired) electrons. The van der Waals surface area contributed by atoms with Gasteiger partial charge in [0, 0.05) is 0 Å². The van der Waals surface area contributed by atoms with E-state index < -0.39 is 5.60 Å². The number of ether oxygens (including phenoxy) is 1. The maximum Gasteiger partial charge on any atom is 0.264 e. The molecule has 8 nitrogen and oxygen atoms in total. The number of methoxy groups -OCH3 is 1. The highest BCUT2D eigenvalue weighted by Crippen LogP contribution is 2.21. The van der Waals surface area contributed by atoms with Gasteiger partial charge in [-0.05, 0) is 50.2 Å². The molecule has 1 aromatic carbocycles. The van der Waals surface area contributed by atoms with E-state index in [2.05, 4.69) is 15.4 Å². The topological polar surface area (TPSA) is 94.2 Å². The number of nitrogens with one attached hydrogen (secondary N) is 1. The second-order valence-corrected chi connectivity index (χ2v) is 6.64. The van der Waals surface area contributed by atoms with E-state index in [1.807, 2.05) is 24.3 Å². The molecule has 0 unspecified atom stereocenters. The molecule has 0 bridgehead atoms. The van der Waals surface area contributed by atoms with Crippen LogP contribution in [-0.2, 0) is 6.54 Å². The molecular weight excluding hydrogens is 334 g/mol. The number of aliphatic hydroxyl groups is 1. The SMILES string of the molecule is COc1ccc(-n2ncc3c(=O)n(CC4(O)CCNCC4)cnc32)cc1. The third-order valence-corrected chi connectivity index (χ3v) is 4.87. The highest BCUT2D eigenvalue weighted by atomic mass is 16.5. The van der Waals surface area contributed by atoms with E-state index in [0.29, 0.717) is 23.9 Å². The molecule has 2 N–H and O–H groups in total. The second kappa shape index (κ2) is 6.54. The fourth-order valence-electron chi connectivity index (χ4n) is 3.34. The minimum atomic E-state index is -0.879. The quantitative estimate of drug-likeness (QED) is 0.716. The van der Waals surface area contributed by atoms with Crippen molar-refractivity contribution < 1.29 is 9.84 Å². The number of fused-ring (bicyclic) bond motifs is 1. The summed E-state index contributed by atoms with van der Waals surface area (Å²) in [5.74, 6) is 0.746. The van der Waals surface area contributed by atoms with Crippen molar-refractivity contribution in [3.63, 3.8) is 0 Å². The van der Waals surface area contributed by atoms with Crippen LogP contribution < -0.4 is 15.6 Å². The molecule has 26 heavy (non-hydrogen) atoms. The van der Waals surface area contributed by atoms with Gasteiger partial charge in [-0.15, -0.1) is 0 Å². The minimum Gasteiger partial charge on any atom is -0.497 e. The number of benzene rings is 1. The van der Waals surface area contributed by atoms with Crippen molar-refractivity contribution in [1.82, 2.24) is 24.6 Å². The molecule has 0 aliphatic carbocycles. The van der Waals surface area contributed by atoms with Crippen LogP contribution in [0.4, 0.5) is 0 Å². The number of hydrogen-bond acceptors (Lipinski definition) is 6. The lowest BCUT2D eigenvalue weighted by Gasteiger charge is -2.32. The van der Waals surface area contributed by atoms with Gasteiger partial charge in [0.2, 0.25) is 0 Å². The third-order valence-electron chi connectivity index (χ3n) is 4.87. The molecule has 1 saturated heterocycles. The first-order valence-electron chi connectivity index (χ1n) is 8.60. The van der Waals surface area contributed by atoms with Gasteiger partial charge in [-0.1, -0.05) is 0 Å². The number of nitrogens with zero attached hydrogens (tertiary/aromatic N) is 4. The Morgan fingerprint density at radius 3 is 2.69 bits per heavy atom. The standard InChI is InChI=1S/C18H21N5O3/c1-26-14-4-2-13(3-5-14)23-16-15(10-21-23)17(24)22(12-20-16)11-18(25)6-8-19-9-7-18/h2-5,10,12,19,25H,6-9,11H2,1H3. The van der Waals surface area contributed by atoms with E-state index in [4.69, 9.17) is 4.74 Å². The van der Waals surface area contributed by atoms with E-state index >= 15 is 0 Å². The fraction of sp³-hybridized carbons (Fsp3) is 0.389. The van der Waals surface area contributed by atoms with E-state index in [1.54, 1.807) is 11.8 Å². The zero-order valence-electron chi connectivity index (χ0n) is 14.6. The summed E-state index contributed by atoms with van der Waals surface area (Å²) in [6, 6.07) is 7.37. The molecule has 3 heterocycles. The Kier molecular flexibility index (Phi) is 4.21. The van der Waals surface area contributed by atoms with E-state index in [9.17, 15) is 9.90 Å². The van der Waals surface area contributed by atoms with Gasteiger partial charge in [0.1, 0.15) is 17.5 Å². The third kappa shape index (κ3) is 2.97. The smallest absolute Gasteiger partial charge is 0.264 e. The van der Waals surface area contributed by atoms with E-state index in [-0.39, 0.29) is 12.1 Å². The fourth-order valence-corrected chi connectivity index (χ4v) is 3.34. The molecule has 0 amide bonds. The Balaban J connectivity index is 1.69. The van der Waals surface area contributed by atoms with Gasteiger partial charge in [0.15, 0.2) is 5.65 Å². The molecule has 1 aliphatic rings.